The largest absolute Gasteiger partial charge is 0.446 e. The van der Waals surface area contributed by atoms with E-state index < -0.39 is 12.1 Å². The van der Waals surface area contributed by atoms with Gasteiger partial charge in [0.2, 0.25) is 0 Å². The molecule has 0 fully saturated rings. The lowest BCUT2D eigenvalue weighted by Crippen LogP contribution is -2.40. The van der Waals surface area contributed by atoms with Crippen LogP contribution in [0.1, 0.15) is 104 Å². The average molecular weight is 445 g/mol. The second kappa shape index (κ2) is 23.3. The number of unbranched alkanes of at least 4 members (excludes halogenated alkanes) is 13. The van der Waals surface area contributed by atoms with Gasteiger partial charge in [-0.1, -0.05) is 90.4 Å². The Morgan fingerprint density at radius 1 is 0.742 bits per heavy atom. The first-order valence-corrected chi connectivity index (χ1v) is 12.5. The van der Waals surface area contributed by atoms with Crippen molar-refractivity contribution in [2.24, 2.45) is 0 Å². The second-order valence-electron chi connectivity index (χ2n) is 8.11. The van der Waals surface area contributed by atoms with E-state index >= 15 is 0 Å². The van der Waals surface area contributed by atoms with Crippen LogP contribution >= 0.6 is 0 Å². The van der Waals surface area contributed by atoms with Gasteiger partial charge in [0.1, 0.15) is 12.7 Å². The Morgan fingerprint density at radius 3 is 1.74 bits per heavy atom. The molecule has 0 saturated heterocycles. The molecule has 3 amide bonds. The van der Waals surface area contributed by atoms with Crippen molar-refractivity contribution in [3.8, 4) is 0 Å². The molecule has 0 bridgehead atoms. The summed E-state index contributed by atoms with van der Waals surface area (Å²) in [6.45, 7) is 5.56. The van der Waals surface area contributed by atoms with E-state index in [1.165, 1.54) is 83.5 Å². The quantitative estimate of drug-likeness (QED) is 0.213. The highest BCUT2D eigenvalue weighted by Crippen LogP contribution is 2.13. The van der Waals surface area contributed by atoms with Gasteiger partial charge in [0.15, 0.2) is 0 Å². The van der Waals surface area contributed by atoms with Gasteiger partial charge < -0.3 is 19.5 Å². The fourth-order valence-corrected chi connectivity index (χ4v) is 3.30. The Labute approximate surface area is 190 Å². The number of carbonyl (C=O) groups is 2. The van der Waals surface area contributed by atoms with Crippen LogP contribution in [0.15, 0.2) is 0 Å². The molecule has 0 aromatic rings. The van der Waals surface area contributed by atoms with Gasteiger partial charge in [-0.05, 0) is 13.3 Å². The van der Waals surface area contributed by atoms with E-state index in [9.17, 15) is 9.59 Å². The number of nitrogens with one attached hydrogen (secondary N) is 2. The molecular formula is C24H48N2O5. The smallest absolute Gasteiger partial charge is 0.415 e. The number of amides is 3. The van der Waals surface area contributed by atoms with Gasteiger partial charge in [-0.25, -0.2) is 14.9 Å². The van der Waals surface area contributed by atoms with Gasteiger partial charge in [0.25, 0.3) is 0 Å². The van der Waals surface area contributed by atoms with Crippen LogP contribution in [0.3, 0.4) is 0 Å². The topological polar surface area (TPSA) is 85.9 Å². The van der Waals surface area contributed by atoms with Crippen LogP contribution in [0, 0.1) is 0 Å². The van der Waals surface area contributed by atoms with Crippen LogP contribution < -0.4 is 10.6 Å². The van der Waals surface area contributed by atoms with Crippen molar-refractivity contribution in [1.29, 1.82) is 0 Å². The fourth-order valence-electron chi connectivity index (χ4n) is 3.30. The maximum absolute atomic E-state index is 11.5. The Morgan fingerprint density at radius 2 is 1.26 bits per heavy atom. The number of ether oxygens (including phenoxy) is 3. The Kier molecular flexibility index (Phi) is 22.3. The first kappa shape index (κ1) is 29.7. The summed E-state index contributed by atoms with van der Waals surface area (Å²) < 4.78 is 15.9. The first-order valence-electron chi connectivity index (χ1n) is 12.5. The summed E-state index contributed by atoms with van der Waals surface area (Å²) in [6, 6.07) is -0.574. The van der Waals surface area contributed by atoms with Crippen LogP contribution in [0.5, 0.6) is 0 Å². The Bertz CT molecular complexity index is 421. The highest BCUT2D eigenvalue weighted by Gasteiger charge is 2.13. The molecule has 0 heterocycles. The molecule has 0 spiro atoms. The van der Waals surface area contributed by atoms with Gasteiger partial charge in [-0.15, -0.1) is 0 Å². The summed E-state index contributed by atoms with van der Waals surface area (Å²) in [5.41, 5.74) is 0. The third kappa shape index (κ3) is 21.7. The molecule has 7 heteroatoms. The lowest BCUT2D eigenvalue weighted by atomic mass is 10.0. The van der Waals surface area contributed by atoms with Gasteiger partial charge >= 0.3 is 12.1 Å². The van der Waals surface area contributed by atoms with Crippen molar-refractivity contribution in [2.75, 3.05) is 33.5 Å². The van der Waals surface area contributed by atoms with Gasteiger partial charge in [0.05, 0.1) is 6.61 Å². The lowest BCUT2D eigenvalue weighted by Gasteiger charge is -2.16. The zero-order valence-electron chi connectivity index (χ0n) is 20.3. The van der Waals surface area contributed by atoms with Crippen molar-refractivity contribution in [3.63, 3.8) is 0 Å². The highest BCUT2D eigenvalue weighted by atomic mass is 16.6. The SMILES string of the molecule is CCCCCCCCCCCCCCCCOCC(COC(=O)NC(=O)NCC)OC. The van der Waals surface area contributed by atoms with Crippen molar-refractivity contribution < 1.29 is 23.8 Å². The Balaban J connectivity index is 3.40. The maximum Gasteiger partial charge on any atom is 0.415 e. The molecule has 31 heavy (non-hydrogen) atoms. The lowest BCUT2D eigenvalue weighted by molar-refractivity contribution is -0.0244. The molecule has 7 nitrogen and oxygen atoms in total. The van der Waals surface area contributed by atoms with Crippen LogP contribution in [0.2, 0.25) is 0 Å². The first-order chi connectivity index (χ1) is 15.1. The molecule has 1 unspecified atom stereocenters. The summed E-state index contributed by atoms with van der Waals surface area (Å²) in [5, 5.41) is 4.53. The molecule has 1 atom stereocenters. The van der Waals surface area contributed by atoms with Crippen LogP contribution in [-0.4, -0.2) is 51.7 Å². The predicted molar refractivity (Wildman–Crippen MR) is 125 cm³/mol. The number of rotatable bonds is 21. The number of imide groups is 1. The van der Waals surface area contributed by atoms with Crippen molar-refractivity contribution in [3.05, 3.63) is 0 Å². The van der Waals surface area contributed by atoms with E-state index in [2.05, 4.69) is 17.6 Å². The fraction of sp³-hybridized carbons (Fsp3) is 0.917. The minimum Gasteiger partial charge on any atom is -0.446 e. The van der Waals surface area contributed by atoms with Crippen molar-refractivity contribution in [1.82, 2.24) is 10.6 Å². The minimum atomic E-state index is -0.792. The number of carbonyl (C=O) groups excluding carboxylic acids is 2. The number of alkyl carbamates (subject to hydrolysis) is 1. The number of hydrogen-bond acceptors (Lipinski definition) is 5. The van der Waals surface area contributed by atoms with E-state index in [1.807, 2.05) is 0 Å². The third-order valence-electron chi connectivity index (χ3n) is 5.23. The predicted octanol–water partition coefficient (Wildman–Crippen LogP) is 5.96. The molecule has 0 aromatic carbocycles. The average Bonchev–Trinajstić information content (AvgIpc) is 2.75. The van der Waals surface area contributed by atoms with Crippen LogP contribution in [0.25, 0.3) is 0 Å². The number of hydrogen-bond donors (Lipinski definition) is 2. The molecule has 2 N–H and O–H groups in total. The second-order valence-corrected chi connectivity index (χ2v) is 8.11. The van der Waals surface area contributed by atoms with E-state index in [-0.39, 0.29) is 12.7 Å². The standard InChI is InChI=1S/C24H48N2O5/c1-4-6-7-8-9-10-11-12-13-14-15-16-17-18-19-30-20-22(29-3)21-31-24(28)26-23(27)25-5-2/h22H,4-21H2,1-3H3,(H2,25,26,27,28). The Hall–Kier alpha value is -1.34. The van der Waals surface area contributed by atoms with Gasteiger partial charge in [0, 0.05) is 20.3 Å². The van der Waals surface area contributed by atoms with Gasteiger partial charge in [-0.2, -0.15) is 0 Å². The molecule has 0 aromatic heterocycles. The van der Waals surface area contributed by atoms with Crippen LogP contribution in [-0.2, 0) is 14.2 Å². The van der Waals surface area contributed by atoms with E-state index in [4.69, 9.17) is 14.2 Å². The summed E-state index contributed by atoms with van der Waals surface area (Å²) in [7, 11) is 1.55. The molecule has 0 aliphatic carbocycles. The monoisotopic (exact) mass is 444 g/mol. The molecule has 0 saturated carbocycles. The summed E-state index contributed by atoms with van der Waals surface area (Å²) in [5.74, 6) is 0. The highest BCUT2D eigenvalue weighted by molar-refractivity contribution is 5.90. The van der Waals surface area contributed by atoms with Crippen molar-refractivity contribution in [2.45, 2.75) is 110 Å². The minimum absolute atomic E-state index is 0.0421. The third-order valence-corrected chi connectivity index (χ3v) is 5.23. The molecule has 0 aliphatic rings. The molecule has 0 rings (SSSR count). The van der Waals surface area contributed by atoms with Crippen LogP contribution in [0.4, 0.5) is 9.59 Å². The summed E-state index contributed by atoms with van der Waals surface area (Å²) >= 11 is 0. The number of urea groups is 1. The molecule has 184 valence electrons. The maximum atomic E-state index is 11.5. The summed E-state index contributed by atoms with van der Waals surface area (Å²) in [4.78, 5) is 22.7. The molecule has 0 aliphatic heterocycles. The van der Waals surface area contributed by atoms with Gasteiger partial charge in [-0.3, -0.25) is 0 Å². The van der Waals surface area contributed by atoms with E-state index in [0.29, 0.717) is 19.8 Å². The molecule has 0 radical (unpaired) electrons. The van der Waals surface area contributed by atoms with Crippen molar-refractivity contribution >= 4 is 12.1 Å². The number of methoxy groups -OCH3 is 1. The zero-order valence-corrected chi connectivity index (χ0v) is 20.3. The van der Waals surface area contributed by atoms with E-state index in [1.54, 1.807) is 14.0 Å². The molecular weight excluding hydrogens is 396 g/mol. The van der Waals surface area contributed by atoms with E-state index in [0.717, 1.165) is 6.42 Å². The normalized spacial score (nSPS) is 11.8. The summed E-state index contributed by atoms with van der Waals surface area (Å²) in [6.07, 6.45) is 17.5. The zero-order chi connectivity index (χ0) is 23.0.